The minimum Gasteiger partial charge on any atom is -0.363 e. The van der Waals surface area contributed by atoms with Crippen LogP contribution >= 0.6 is 11.3 Å². The van der Waals surface area contributed by atoms with Crippen LogP contribution in [0.5, 0.6) is 0 Å². The Kier molecular flexibility index (Phi) is 3.56. The van der Waals surface area contributed by atoms with Crippen LogP contribution < -0.4 is 5.32 Å². The molecule has 16 heavy (non-hydrogen) atoms. The topological polar surface area (TPSA) is 29.9 Å². The molecule has 0 spiro atoms. The fourth-order valence-corrected chi connectivity index (χ4v) is 2.13. The second-order valence-electron chi connectivity index (χ2n) is 3.55. The highest BCUT2D eigenvalue weighted by Crippen LogP contribution is 2.15. The second-order valence-corrected chi connectivity index (χ2v) is 4.58. The van der Waals surface area contributed by atoms with Crippen molar-refractivity contribution in [2.75, 3.05) is 12.0 Å². The van der Waals surface area contributed by atoms with Crippen molar-refractivity contribution in [3.8, 4) is 0 Å². The molecule has 0 unspecified atom stereocenters. The molecular formula is C11H14FN3S. The van der Waals surface area contributed by atoms with Gasteiger partial charge in [0.2, 0.25) is 0 Å². The zero-order valence-electron chi connectivity index (χ0n) is 9.11. The van der Waals surface area contributed by atoms with Gasteiger partial charge in [0.25, 0.3) is 0 Å². The number of aromatic nitrogens is 2. The van der Waals surface area contributed by atoms with Crippen molar-refractivity contribution < 1.29 is 4.39 Å². The maximum absolute atomic E-state index is 12.1. The van der Waals surface area contributed by atoms with E-state index in [9.17, 15) is 4.39 Å². The maximum Gasteiger partial charge on any atom is 0.151 e. The van der Waals surface area contributed by atoms with Crippen LogP contribution in [-0.4, -0.2) is 16.5 Å². The number of alkyl halides is 1. The third-order valence-electron chi connectivity index (χ3n) is 2.27. The number of hydrogen-bond acceptors (Lipinski definition) is 3. The highest BCUT2D eigenvalue weighted by Gasteiger charge is 2.04. The van der Waals surface area contributed by atoms with Gasteiger partial charge < -0.3 is 5.32 Å². The summed E-state index contributed by atoms with van der Waals surface area (Å²) in [5, 5.41) is 9.57. The molecule has 0 aromatic carbocycles. The molecule has 0 saturated heterocycles. The van der Waals surface area contributed by atoms with Crippen LogP contribution in [0.4, 0.5) is 10.2 Å². The molecule has 5 heteroatoms. The first-order chi connectivity index (χ1) is 7.79. The SMILES string of the molecule is Cc1cn(CCF)nc1NCc1cccs1. The first-order valence-corrected chi connectivity index (χ1v) is 6.04. The smallest absolute Gasteiger partial charge is 0.151 e. The molecule has 2 aromatic rings. The Morgan fingerprint density at radius 3 is 3.12 bits per heavy atom. The normalized spacial score (nSPS) is 10.6. The van der Waals surface area contributed by atoms with Gasteiger partial charge in [-0.15, -0.1) is 11.3 Å². The Balaban J connectivity index is 1.98. The third kappa shape index (κ3) is 2.61. The Bertz CT molecular complexity index is 436. The van der Waals surface area contributed by atoms with Gasteiger partial charge in [0.15, 0.2) is 5.82 Å². The predicted molar refractivity (Wildman–Crippen MR) is 64.6 cm³/mol. The van der Waals surface area contributed by atoms with Crippen LogP contribution in [-0.2, 0) is 13.1 Å². The van der Waals surface area contributed by atoms with Gasteiger partial charge in [-0.2, -0.15) is 5.10 Å². The highest BCUT2D eigenvalue weighted by atomic mass is 32.1. The Labute approximate surface area is 97.9 Å². The van der Waals surface area contributed by atoms with E-state index in [2.05, 4.69) is 16.5 Å². The van der Waals surface area contributed by atoms with Crippen LogP contribution in [0.3, 0.4) is 0 Å². The van der Waals surface area contributed by atoms with Gasteiger partial charge in [-0.1, -0.05) is 6.07 Å². The minimum atomic E-state index is -0.383. The molecular weight excluding hydrogens is 225 g/mol. The van der Waals surface area contributed by atoms with Crippen molar-refractivity contribution >= 4 is 17.2 Å². The van der Waals surface area contributed by atoms with E-state index in [1.807, 2.05) is 24.6 Å². The molecule has 0 saturated carbocycles. The first kappa shape index (κ1) is 11.1. The van der Waals surface area contributed by atoms with E-state index in [4.69, 9.17) is 0 Å². The zero-order chi connectivity index (χ0) is 11.4. The molecule has 0 aliphatic carbocycles. The highest BCUT2D eigenvalue weighted by molar-refractivity contribution is 7.09. The standard InChI is InChI=1S/C11H14FN3S/c1-9-8-15(5-4-12)14-11(9)13-7-10-3-2-6-16-10/h2-3,6,8H,4-5,7H2,1H3,(H,13,14). The number of rotatable bonds is 5. The number of aryl methyl sites for hydroxylation is 2. The summed E-state index contributed by atoms with van der Waals surface area (Å²) in [6.45, 7) is 2.68. The quantitative estimate of drug-likeness (QED) is 0.869. The summed E-state index contributed by atoms with van der Waals surface area (Å²) < 4.78 is 13.8. The van der Waals surface area contributed by atoms with E-state index >= 15 is 0 Å². The number of halogens is 1. The maximum atomic E-state index is 12.1. The molecule has 3 nitrogen and oxygen atoms in total. The van der Waals surface area contributed by atoms with Gasteiger partial charge in [0, 0.05) is 16.6 Å². The van der Waals surface area contributed by atoms with E-state index in [-0.39, 0.29) is 6.67 Å². The van der Waals surface area contributed by atoms with Gasteiger partial charge in [0.1, 0.15) is 6.67 Å². The van der Waals surface area contributed by atoms with Gasteiger partial charge in [-0.25, -0.2) is 4.39 Å². The lowest BCUT2D eigenvalue weighted by molar-refractivity contribution is 0.427. The van der Waals surface area contributed by atoms with Gasteiger partial charge in [-0.05, 0) is 18.4 Å². The summed E-state index contributed by atoms with van der Waals surface area (Å²) in [4.78, 5) is 1.26. The number of nitrogens with one attached hydrogen (secondary N) is 1. The van der Waals surface area contributed by atoms with Crippen LogP contribution in [0.25, 0.3) is 0 Å². The summed E-state index contributed by atoms with van der Waals surface area (Å²) >= 11 is 1.71. The molecule has 0 fully saturated rings. The number of thiophene rings is 1. The molecule has 86 valence electrons. The molecule has 0 bridgehead atoms. The fourth-order valence-electron chi connectivity index (χ4n) is 1.48. The molecule has 0 amide bonds. The predicted octanol–water partition coefficient (Wildman–Crippen LogP) is 2.83. The average Bonchev–Trinajstić information content (AvgIpc) is 2.86. The lowest BCUT2D eigenvalue weighted by Crippen LogP contribution is -2.03. The van der Waals surface area contributed by atoms with Crippen molar-refractivity contribution in [1.82, 2.24) is 9.78 Å². The summed E-state index contributed by atoms with van der Waals surface area (Å²) in [6.07, 6.45) is 1.86. The lowest BCUT2D eigenvalue weighted by Gasteiger charge is -2.01. The Morgan fingerprint density at radius 2 is 2.44 bits per heavy atom. The largest absolute Gasteiger partial charge is 0.363 e. The molecule has 0 radical (unpaired) electrons. The van der Waals surface area contributed by atoms with Crippen molar-refractivity contribution in [2.45, 2.75) is 20.0 Å². The van der Waals surface area contributed by atoms with Crippen molar-refractivity contribution in [1.29, 1.82) is 0 Å². The Morgan fingerprint density at radius 1 is 1.56 bits per heavy atom. The molecule has 1 N–H and O–H groups in total. The van der Waals surface area contributed by atoms with E-state index in [0.717, 1.165) is 17.9 Å². The summed E-state index contributed by atoms with van der Waals surface area (Å²) in [5.74, 6) is 0.835. The van der Waals surface area contributed by atoms with Crippen LogP contribution in [0, 0.1) is 6.92 Å². The summed E-state index contributed by atoms with van der Waals surface area (Å²) in [6, 6.07) is 4.10. The summed E-state index contributed by atoms with van der Waals surface area (Å²) in [5.41, 5.74) is 1.05. The minimum absolute atomic E-state index is 0.321. The lowest BCUT2D eigenvalue weighted by atomic mass is 10.3. The van der Waals surface area contributed by atoms with Crippen molar-refractivity contribution in [3.05, 3.63) is 34.2 Å². The molecule has 2 rings (SSSR count). The van der Waals surface area contributed by atoms with Crippen LogP contribution in [0.1, 0.15) is 10.4 Å². The van der Waals surface area contributed by atoms with E-state index in [1.165, 1.54) is 4.88 Å². The molecule has 2 aromatic heterocycles. The van der Waals surface area contributed by atoms with E-state index in [1.54, 1.807) is 16.0 Å². The molecule has 0 aliphatic heterocycles. The zero-order valence-corrected chi connectivity index (χ0v) is 9.93. The average molecular weight is 239 g/mol. The van der Waals surface area contributed by atoms with Gasteiger partial charge in [-0.3, -0.25) is 4.68 Å². The molecule has 0 aliphatic rings. The fraction of sp³-hybridized carbons (Fsp3) is 0.364. The van der Waals surface area contributed by atoms with Crippen LogP contribution in [0.2, 0.25) is 0 Å². The van der Waals surface area contributed by atoms with Gasteiger partial charge >= 0.3 is 0 Å². The second kappa shape index (κ2) is 5.12. The number of anilines is 1. The number of hydrogen-bond donors (Lipinski definition) is 1. The van der Waals surface area contributed by atoms with Crippen LogP contribution in [0.15, 0.2) is 23.7 Å². The molecule has 0 atom stereocenters. The van der Waals surface area contributed by atoms with E-state index in [0.29, 0.717) is 6.54 Å². The van der Waals surface area contributed by atoms with E-state index < -0.39 is 0 Å². The van der Waals surface area contributed by atoms with Gasteiger partial charge in [0.05, 0.1) is 13.1 Å². The van der Waals surface area contributed by atoms with Crippen molar-refractivity contribution in [3.63, 3.8) is 0 Å². The Hall–Kier alpha value is -1.36. The molecule has 2 heterocycles. The summed E-state index contributed by atoms with van der Waals surface area (Å²) in [7, 11) is 0. The van der Waals surface area contributed by atoms with Crippen molar-refractivity contribution in [2.24, 2.45) is 0 Å². The first-order valence-electron chi connectivity index (χ1n) is 5.16. The monoisotopic (exact) mass is 239 g/mol. The third-order valence-corrected chi connectivity index (χ3v) is 3.14. The number of nitrogens with zero attached hydrogens (tertiary/aromatic N) is 2.